The van der Waals surface area contributed by atoms with Crippen LogP contribution in [0.3, 0.4) is 0 Å². The van der Waals surface area contributed by atoms with E-state index < -0.39 is 0 Å². The third-order valence-corrected chi connectivity index (χ3v) is 7.49. The molecule has 3 aliphatic heterocycles. The number of amides is 3. The fraction of sp³-hybridized carbons (Fsp3) is 0.520. The molecule has 1 aromatic carbocycles. The molecule has 1 aromatic heterocycles. The van der Waals surface area contributed by atoms with Crippen molar-refractivity contribution in [1.82, 2.24) is 30.0 Å². The van der Waals surface area contributed by atoms with Gasteiger partial charge in [0.2, 0.25) is 5.95 Å². The number of carbonyl (C=O) groups is 2. The molecular formula is C25H32ClFN8O2. The topological polar surface area (TPSA) is 106 Å². The molecule has 37 heavy (non-hydrogen) atoms. The second kappa shape index (κ2) is 11.1. The Hall–Kier alpha value is -3.18. The van der Waals surface area contributed by atoms with Crippen LogP contribution in [0.4, 0.5) is 26.6 Å². The molecule has 198 valence electrons. The Labute approximate surface area is 220 Å². The summed E-state index contributed by atoms with van der Waals surface area (Å²) in [6.45, 7) is 3.42. The number of hydrogen-bond donors (Lipinski definition) is 3. The Morgan fingerprint density at radius 2 is 1.97 bits per heavy atom. The molecule has 3 aliphatic rings. The van der Waals surface area contributed by atoms with Crippen molar-refractivity contribution >= 4 is 41.0 Å². The van der Waals surface area contributed by atoms with Gasteiger partial charge in [-0.2, -0.15) is 4.98 Å². The number of urea groups is 1. The average molecular weight is 531 g/mol. The van der Waals surface area contributed by atoms with E-state index in [1.54, 1.807) is 18.1 Å². The van der Waals surface area contributed by atoms with Crippen LogP contribution in [0.15, 0.2) is 24.4 Å². The number of anilines is 3. The van der Waals surface area contributed by atoms with Crippen molar-refractivity contribution in [2.75, 3.05) is 57.1 Å². The van der Waals surface area contributed by atoms with Crippen LogP contribution in [0.1, 0.15) is 35.2 Å². The fourth-order valence-electron chi connectivity index (χ4n) is 5.16. The van der Waals surface area contributed by atoms with Gasteiger partial charge in [-0.3, -0.25) is 9.69 Å². The molecule has 0 radical (unpaired) electrons. The fourth-order valence-corrected chi connectivity index (χ4v) is 5.31. The van der Waals surface area contributed by atoms with Gasteiger partial charge in [0.25, 0.3) is 5.91 Å². The lowest BCUT2D eigenvalue weighted by Gasteiger charge is -2.33. The maximum atomic E-state index is 12.7. The summed E-state index contributed by atoms with van der Waals surface area (Å²) in [6.07, 6.45) is 3.94. The van der Waals surface area contributed by atoms with Gasteiger partial charge < -0.3 is 25.8 Å². The number of fused-ring (bicyclic) bond motifs is 1. The van der Waals surface area contributed by atoms with Crippen LogP contribution in [0.25, 0.3) is 0 Å². The van der Waals surface area contributed by atoms with Gasteiger partial charge in [0.05, 0.1) is 6.20 Å². The molecule has 1 atom stereocenters. The zero-order valence-electron chi connectivity index (χ0n) is 20.8. The number of likely N-dealkylation sites (tertiary alicyclic amines) is 2. The number of carbonyl (C=O) groups excluding carboxylic acids is 2. The van der Waals surface area contributed by atoms with E-state index in [2.05, 4.69) is 25.9 Å². The predicted molar refractivity (Wildman–Crippen MR) is 140 cm³/mol. The Kier molecular flexibility index (Phi) is 7.61. The summed E-state index contributed by atoms with van der Waals surface area (Å²) in [4.78, 5) is 39.2. The lowest BCUT2D eigenvalue weighted by Crippen LogP contribution is -2.50. The van der Waals surface area contributed by atoms with Crippen LogP contribution in [0.2, 0.25) is 5.02 Å². The highest BCUT2D eigenvalue weighted by Gasteiger charge is 2.28. The van der Waals surface area contributed by atoms with Crippen LogP contribution in [0, 0.1) is 0 Å². The number of nitrogens with zero attached hydrogens (tertiary/aromatic N) is 5. The van der Waals surface area contributed by atoms with Gasteiger partial charge in [0.15, 0.2) is 5.82 Å². The smallest absolute Gasteiger partial charge is 0.317 e. The lowest BCUT2D eigenvalue weighted by atomic mass is 10.1. The number of alkyl halides is 1. The van der Waals surface area contributed by atoms with Crippen molar-refractivity contribution in [3.05, 3.63) is 40.5 Å². The predicted octanol–water partition coefficient (Wildman–Crippen LogP) is 3.09. The van der Waals surface area contributed by atoms with Crippen molar-refractivity contribution in [2.45, 2.75) is 37.9 Å². The zero-order chi connectivity index (χ0) is 25.9. The van der Waals surface area contributed by atoms with E-state index in [0.717, 1.165) is 42.6 Å². The molecule has 2 aromatic rings. The molecule has 4 heterocycles. The minimum Gasteiger partial charge on any atom is -0.366 e. The molecular weight excluding hydrogens is 499 g/mol. The van der Waals surface area contributed by atoms with Gasteiger partial charge in [-0.1, -0.05) is 11.6 Å². The monoisotopic (exact) mass is 530 g/mol. The van der Waals surface area contributed by atoms with Gasteiger partial charge in [0.1, 0.15) is 11.7 Å². The van der Waals surface area contributed by atoms with E-state index in [4.69, 9.17) is 11.6 Å². The lowest BCUT2D eigenvalue weighted by molar-refractivity contribution is 0.0816. The van der Waals surface area contributed by atoms with Crippen molar-refractivity contribution in [3.8, 4) is 0 Å². The number of nitrogens with one attached hydrogen (secondary N) is 3. The Bertz CT molecular complexity index is 1160. The summed E-state index contributed by atoms with van der Waals surface area (Å²) in [5, 5.41) is 10.1. The number of piperidine rings is 1. The van der Waals surface area contributed by atoms with Crippen LogP contribution >= 0.6 is 11.6 Å². The first-order valence-corrected chi connectivity index (χ1v) is 13.1. The third-order valence-electron chi connectivity index (χ3n) is 7.21. The number of halogens is 2. The summed E-state index contributed by atoms with van der Waals surface area (Å²) in [5.41, 5.74) is 2.48. The van der Waals surface area contributed by atoms with Crippen molar-refractivity contribution in [3.63, 3.8) is 0 Å². The SMILES string of the molecule is CN1Cc2cc(Nc3ncc(Cl)c(NC4CCN(C(=O)N[C@@H]5CCN(CCF)C5)CC4)n3)ccc2C1=O. The highest BCUT2D eigenvalue weighted by atomic mass is 35.5. The molecule has 0 spiro atoms. The quantitative estimate of drug-likeness (QED) is 0.505. The largest absolute Gasteiger partial charge is 0.366 e. The van der Waals surface area contributed by atoms with Crippen molar-refractivity contribution in [2.24, 2.45) is 0 Å². The van der Waals surface area contributed by atoms with Crippen molar-refractivity contribution in [1.29, 1.82) is 0 Å². The van der Waals surface area contributed by atoms with E-state index in [9.17, 15) is 14.0 Å². The second-order valence-corrected chi connectivity index (χ2v) is 10.3. The normalized spacial score (nSPS) is 20.3. The first-order valence-electron chi connectivity index (χ1n) is 12.7. The Morgan fingerprint density at radius 3 is 2.76 bits per heavy atom. The molecule has 2 fully saturated rings. The zero-order valence-corrected chi connectivity index (χ0v) is 21.6. The minimum atomic E-state index is -0.358. The number of benzene rings is 1. The molecule has 3 N–H and O–H groups in total. The number of hydrogen-bond acceptors (Lipinski definition) is 7. The molecule has 0 bridgehead atoms. The van der Waals surface area contributed by atoms with Gasteiger partial charge >= 0.3 is 6.03 Å². The van der Waals surface area contributed by atoms with Crippen LogP contribution in [-0.4, -0.2) is 95.1 Å². The molecule has 0 unspecified atom stereocenters. The van der Waals surface area contributed by atoms with E-state index in [1.807, 2.05) is 28.0 Å². The number of aromatic nitrogens is 2. The first kappa shape index (κ1) is 25.5. The summed E-state index contributed by atoms with van der Waals surface area (Å²) < 4.78 is 12.6. The summed E-state index contributed by atoms with van der Waals surface area (Å²) >= 11 is 6.38. The molecule has 0 aliphatic carbocycles. The molecule has 2 saturated heterocycles. The first-order chi connectivity index (χ1) is 17.9. The maximum Gasteiger partial charge on any atom is 0.317 e. The van der Waals surface area contributed by atoms with Crippen LogP contribution in [-0.2, 0) is 6.54 Å². The average Bonchev–Trinajstić information content (AvgIpc) is 3.44. The minimum absolute atomic E-state index is 0.0260. The molecule has 12 heteroatoms. The van der Waals surface area contributed by atoms with Crippen molar-refractivity contribution < 1.29 is 14.0 Å². The van der Waals surface area contributed by atoms with E-state index in [1.165, 1.54) is 0 Å². The van der Waals surface area contributed by atoms with E-state index in [-0.39, 0.29) is 30.7 Å². The van der Waals surface area contributed by atoms with Gasteiger partial charge in [-0.05, 0) is 43.0 Å². The maximum absolute atomic E-state index is 12.7. The molecule has 0 saturated carbocycles. The van der Waals surface area contributed by atoms with Gasteiger partial charge in [0, 0.05) is 69.7 Å². The summed E-state index contributed by atoms with van der Waals surface area (Å²) in [7, 11) is 1.78. The van der Waals surface area contributed by atoms with Gasteiger partial charge in [-0.15, -0.1) is 0 Å². The standard InChI is InChI=1S/C25H32ClFN8O2/c1-33-14-16-12-18(2-3-20(16)23(33)36)30-24-28-13-21(26)22(32-24)29-17-5-9-35(10-6-17)25(37)31-19-4-8-34(15-19)11-7-27/h2-3,12-13,17,19H,4-11,14-15H2,1H3,(H,31,37)(H2,28,29,30,32)/t19-/m1/s1. The summed E-state index contributed by atoms with van der Waals surface area (Å²) in [5.74, 6) is 0.967. The number of rotatable bonds is 7. The van der Waals surface area contributed by atoms with E-state index in [0.29, 0.717) is 49.5 Å². The third kappa shape index (κ3) is 5.88. The molecule has 5 rings (SSSR count). The summed E-state index contributed by atoms with van der Waals surface area (Å²) in [6, 6.07) is 5.73. The Balaban J connectivity index is 1.13. The second-order valence-electron chi connectivity index (χ2n) is 9.88. The highest BCUT2D eigenvalue weighted by molar-refractivity contribution is 6.32. The molecule has 3 amide bonds. The molecule has 10 nitrogen and oxygen atoms in total. The van der Waals surface area contributed by atoms with E-state index >= 15 is 0 Å². The highest BCUT2D eigenvalue weighted by Crippen LogP contribution is 2.28. The van der Waals surface area contributed by atoms with Crippen LogP contribution < -0.4 is 16.0 Å². The van der Waals surface area contributed by atoms with Gasteiger partial charge in [-0.25, -0.2) is 14.2 Å². The Morgan fingerprint density at radius 1 is 1.19 bits per heavy atom. The van der Waals surface area contributed by atoms with Crippen LogP contribution in [0.5, 0.6) is 0 Å².